The van der Waals surface area contributed by atoms with E-state index in [1.807, 2.05) is 12.1 Å². The summed E-state index contributed by atoms with van der Waals surface area (Å²) in [5.41, 5.74) is 1.63. The summed E-state index contributed by atoms with van der Waals surface area (Å²) < 4.78 is 0. The number of carboxylic acids is 1. The van der Waals surface area contributed by atoms with Gasteiger partial charge in [0.1, 0.15) is 0 Å². The average Bonchev–Trinajstić information content (AvgIpc) is 2.36. The molecule has 0 saturated carbocycles. The van der Waals surface area contributed by atoms with E-state index in [0.29, 0.717) is 11.5 Å². The van der Waals surface area contributed by atoms with Gasteiger partial charge < -0.3 is 10.0 Å². The second kappa shape index (κ2) is 5.79. The summed E-state index contributed by atoms with van der Waals surface area (Å²) in [6.07, 6.45) is 3.85. The molecule has 1 N–H and O–H groups in total. The zero-order valence-corrected chi connectivity index (χ0v) is 14.3. The first-order valence-electron chi connectivity index (χ1n) is 7.90. The lowest BCUT2D eigenvalue weighted by Crippen LogP contribution is -2.61. The lowest BCUT2D eigenvalue weighted by Gasteiger charge is -2.56. The fraction of sp³-hybridized carbons (Fsp3) is 0.526. The van der Waals surface area contributed by atoms with Gasteiger partial charge in [0.2, 0.25) is 0 Å². The van der Waals surface area contributed by atoms with E-state index in [4.69, 9.17) is 5.11 Å². The number of aliphatic carboxylic acids is 1. The maximum atomic E-state index is 11.1. The van der Waals surface area contributed by atoms with Gasteiger partial charge in [-0.3, -0.25) is 0 Å². The van der Waals surface area contributed by atoms with Crippen LogP contribution in [0.3, 0.4) is 0 Å². The van der Waals surface area contributed by atoms with E-state index >= 15 is 0 Å². The molecule has 3 nitrogen and oxygen atoms in total. The van der Waals surface area contributed by atoms with Crippen LogP contribution < -0.4 is 4.90 Å². The molecule has 1 aliphatic heterocycles. The summed E-state index contributed by atoms with van der Waals surface area (Å²) >= 11 is 0. The van der Waals surface area contributed by atoms with Crippen molar-refractivity contribution in [3.05, 3.63) is 42.0 Å². The molecular formula is C19H27NO2. The molecule has 1 aliphatic rings. The second-order valence-electron chi connectivity index (χ2n) is 7.62. The standard InChI is InChI=1S/C19H27NO2/c1-14(17(21)22)11-15-12-18(2,3)20(19(4,5)13-15)16-9-7-6-8-10-16/h6-11,15H,12-13H2,1-5H3,(H,21,22). The van der Waals surface area contributed by atoms with Gasteiger partial charge in [0.15, 0.2) is 0 Å². The van der Waals surface area contributed by atoms with Crippen molar-refractivity contribution >= 4 is 11.7 Å². The summed E-state index contributed by atoms with van der Waals surface area (Å²) in [4.78, 5) is 13.6. The van der Waals surface area contributed by atoms with Crippen LogP contribution in [0.25, 0.3) is 0 Å². The predicted octanol–water partition coefficient (Wildman–Crippen LogP) is 4.49. The molecule has 0 spiro atoms. The highest BCUT2D eigenvalue weighted by Gasteiger charge is 2.44. The van der Waals surface area contributed by atoms with Crippen LogP contribution >= 0.6 is 0 Å². The number of allylic oxidation sites excluding steroid dienone is 1. The van der Waals surface area contributed by atoms with Gasteiger partial charge in [0, 0.05) is 22.3 Å². The van der Waals surface area contributed by atoms with E-state index in [1.54, 1.807) is 6.92 Å². The lowest BCUT2D eigenvalue weighted by molar-refractivity contribution is -0.132. The molecular weight excluding hydrogens is 274 g/mol. The Morgan fingerprint density at radius 3 is 2.09 bits per heavy atom. The number of anilines is 1. The molecule has 2 rings (SSSR count). The van der Waals surface area contributed by atoms with Crippen LogP contribution in [0.4, 0.5) is 5.69 Å². The van der Waals surface area contributed by atoms with Gasteiger partial charge in [0.25, 0.3) is 0 Å². The highest BCUT2D eigenvalue weighted by Crippen LogP contribution is 2.44. The molecule has 0 atom stereocenters. The molecule has 120 valence electrons. The SMILES string of the molecule is CC(=CC1CC(C)(C)N(c2ccccc2)C(C)(C)C1)C(=O)O. The minimum absolute atomic E-state index is 0.0247. The van der Waals surface area contributed by atoms with Crippen LogP contribution in [0.15, 0.2) is 42.0 Å². The van der Waals surface area contributed by atoms with Crippen LogP contribution in [-0.4, -0.2) is 22.2 Å². The molecule has 0 radical (unpaired) electrons. The van der Waals surface area contributed by atoms with E-state index in [0.717, 1.165) is 12.8 Å². The number of hydrogen-bond donors (Lipinski definition) is 1. The third kappa shape index (κ3) is 3.34. The van der Waals surface area contributed by atoms with Crippen LogP contribution in [0.1, 0.15) is 47.5 Å². The second-order valence-corrected chi connectivity index (χ2v) is 7.62. The Morgan fingerprint density at radius 2 is 1.64 bits per heavy atom. The minimum atomic E-state index is -0.818. The van der Waals surface area contributed by atoms with Crippen LogP contribution in [-0.2, 0) is 4.79 Å². The highest BCUT2D eigenvalue weighted by molar-refractivity contribution is 5.85. The van der Waals surface area contributed by atoms with Crippen molar-refractivity contribution in [3.8, 4) is 0 Å². The van der Waals surface area contributed by atoms with Gasteiger partial charge in [-0.25, -0.2) is 4.79 Å². The zero-order chi connectivity index (χ0) is 16.5. The van der Waals surface area contributed by atoms with Gasteiger partial charge in [-0.2, -0.15) is 0 Å². The number of piperidine rings is 1. The van der Waals surface area contributed by atoms with Crippen molar-refractivity contribution < 1.29 is 9.90 Å². The summed E-state index contributed by atoms with van der Waals surface area (Å²) in [6, 6.07) is 10.5. The Bertz CT molecular complexity index is 554. The maximum absolute atomic E-state index is 11.1. The molecule has 0 unspecified atom stereocenters. The first kappa shape index (κ1) is 16.6. The van der Waals surface area contributed by atoms with Gasteiger partial charge in [0.05, 0.1) is 0 Å². The maximum Gasteiger partial charge on any atom is 0.330 e. The number of rotatable bonds is 3. The number of nitrogens with zero attached hydrogens (tertiary/aromatic N) is 1. The van der Waals surface area contributed by atoms with Crippen molar-refractivity contribution in [1.82, 2.24) is 0 Å². The Balaban J connectivity index is 2.35. The number of hydrogen-bond acceptors (Lipinski definition) is 2. The average molecular weight is 301 g/mol. The van der Waals surface area contributed by atoms with Crippen molar-refractivity contribution in [2.75, 3.05) is 4.90 Å². The molecule has 3 heteroatoms. The quantitative estimate of drug-likeness (QED) is 0.836. The molecule has 1 fully saturated rings. The molecule has 0 aromatic heterocycles. The number of carboxylic acid groups (broad SMARTS) is 1. The Kier molecular flexibility index (Phi) is 4.37. The first-order chi connectivity index (χ1) is 10.1. The van der Waals surface area contributed by atoms with Crippen LogP contribution in [0.2, 0.25) is 0 Å². The number of benzene rings is 1. The van der Waals surface area contributed by atoms with E-state index < -0.39 is 5.97 Å². The summed E-state index contributed by atoms with van der Waals surface area (Å²) in [7, 11) is 0. The third-order valence-corrected chi connectivity index (χ3v) is 4.57. The van der Waals surface area contributed by atoms with Crippen molar-refractivity contribution in [2.24, 2.45) is 5.92 Å². The normalized spacial score (nSPS) is 21.7. The van der Waals surface area contributed by atoms with Crippen LogP contribution in [0, 0.1) is 5.92 Å². The largest absolute Gasteiger partial charge is 0.478 e. The molecule has 1 aromatic carbocycles. The fourth-order valence-corrected chi connectivity index (χ4v) is 4.18. The summed E-state index contributed by atoms with van der Waals surface area (Å²) in [5, 5.41) is 9.12. The molecule has 1 aromatic rings. The summed E-state index contributed by atoms with van der Waals surface area (Å²) in [5.74, 6) is -0.526. The van der Waals surface area contributed by atoms with Gasteiger partial charge in [-0.1, -0.05) is 24.3 Å². The highest BCUT2D eigenvalue weighted by atomic mass is 16.4. The van der Waals surface area contributed by atoms with E-state index in [2.05, 4.69) is 56.9 Å². The number of carbonyl (C=O) groups is 1. The topological polar surface area (TPSA) is 40.5 Å². The molecule has 22 heavy (non-hydrogen) atoms. The predicted molar refractivity (Wildman–Crippen MR) is 91.2 cm³/mol. The van der Waals surface area contributed by atoms with Gasteiger partial charge in [-0.15, -0.1) is 0 Å². The smallest absolute Gasteiger partial charge is 0.330 e. The minimum Gasteiger partial charge on any atom is -0.478 e. The van der Waals surface area contributed by atoms with E-state index in [1.165, 1.54) is 5.69 Å². The molecule has 0 bridgehead atoms. The molecule has 0 aliphatic carbocycles. The van der Waals surface area contributed by atoms with Crippen molar-refractivity contribution in [2.45, 2.75) is 58.5 Å². The van der Waals surface area contributed by atoms with Crippen molar-refractivity contribution in [3.63, 3.8) is 0 Å². The Hall–Kier alpha value is -1.77. The van der Waals surface area contributed by atoms with Crippen LogP contribution in [0.5, 0.6) is 0 Å². The van der Waals surface area contributed by atoms with Crippen molar-refractivity contribution in [1.29, 1.82) is 0 Å². The zero-order valence-electron chi connectivity index (χ0n) is 14.3. The van der Waals surface area contributed by atoms with E-state index in [9.17, 15) is 4.79 Å². The Labute approximate surface area is 133 Å². The molecule has 1 heterocycles. The number of para-hydroxylation sites is 1. The van der Waals surface area contributed by atoms with Gasteiger partial charge in [-0.05, 0) is 65.5 Å². The Morgan fingerprint density at radius 1 is 1.14 bits per heavy atom. The summed E-state index contributed by atoms with van der Waals surface area (Å²) in [6.45, 7) is 10.7. The molecule has 0 amide bonds. The fourth-order valence-electron chi connectivity index (χ4n) is 4.18. The molecule has 1 saturated heterocycles. The monoisotopic (exact) mass is 301 g/mol. The van der Waals surface area contributed by atoms with Gasteiger partial charge >= 0.3 is 5.97 Å². The third-order valence-electron chi connectivity index (χ3n) is 4.57. The lowest BCUT2D eigenvalue weighted by atomic mass is 9.73. The van der Waals surface area contributed by atoms with E-state index in [-0.39, 0.29) is 11.1 Å². The first-order valence-corrected chi connectivity index (χ1v) is 7.90.